The van der Waals surface area contributed by atoms with Crippen molar-refractivity contribution in [1.82, 2.24) is 9.55 Å². The number of fused-ring (bicyclic) bond motifs is 1. The van der Waals surface area contributed by atoms with Crippen molar-refractivity contribution in [1.29, 1.82) is 0 Å². The molecule has 1 heterocycles. The Hall–Kier alpha value is -2.28. The van der Waals surface area contributed by atoms with E-state index in [1.165, 1.54) is 0 Å². The molecule has 0 aliphatic heterocycles. The Morgan fingerprint density at radius 2 is 1.82 bits per heavy atom. The van der Waals surface area contributed by atoms with Crippen molar-refractivity contribution in [3.05, 3.63) is 54.4 Å². The number of carboxylic acid groups (broad SMARTS) is 1. The van der Waals surface area contributed by atoms with Gasteiger partial charge in [-0.25, -0.2) is 4.98 Å². The van der Waals surface area contributed by atoms with E-state index < -0.39 is 12.0 Å². The van der Waals surface area contributed by atoms with Gasteiger partial charge in [0.1, 0.15) is 11.9 Å². The predicted octanol–water partition coefficient (Wildman–Crippen LogP) is 3.26. The van der Waals surface area contributed by atoms with Crippen LogP contribution in [0.3, 0.4) is 0 Å². The quantitative estimate of drug-likeness (QED) is 0.518. The molecule has 0 spiro atoms. The second-order valence-electron chi connectivity index (χ2n) is 6.39. The van der Waals surface area contributed by atoms with E-state index in [9.17, 15) is 9.90 Å². The number of imidazole rings is 1. The molecule has 3 rings (SSSR count). The van der Waals surface area contributed by atoms with Crippen LogP contribution in [0.25, 0.3) is 16.7 Å². The van der Waals surface area contributed by atoms with Crippen molar-refractivity contribution in [3.63, 3.8) is 0 Å². The van der Waals surface area contributed by atoms with Crippen LogP contribution in [0.4, 0.5) is 5.69 Å². The summed E-state index contributed by atoms with van der Waals surface area (Å²) in [4.78, 5) is 18.1. The van der Waals surface area contributed by atoms with Gasteiger partial charge in [0.05, 0.1) is 11.0 Å². The number of halogens is 2. The average Bonchev–Trinajstić information content (AvgIpc) is 3.05. The number of aromatic nitrogens is 2. The molecule has 0 radical (unpaired) electrons. The fraction of sp³-hybridized carbons (Fsp3) is 0.300. The Balaban J connectivity index is 2.11. The van der Waals surface area contributed by atoms with Crippen LogP contribution in [0.15, 0.2) is 48.5 Å². The lowest BCUT2D eigenvalue weighted by atomic mass is 10.2. The van der Waals surface area contributed by atoms with Crippen LogP contribution >= 0.6 is 23.2 Å². The summed E-state index contributed by atoms with van der Waals surface area (Å²) in [6.07, 6.45) is 0.126. The molecule has 0 fully saturated rings. The number of aliphatic carboxylic acids is 1. The molecule has 0 saturated heterocycles. The SMILES string of the molecule is NC(Cc1nc2cc(N(CCCl)CCCl)ccc2n1-c1ccccc1)C(=O)O. The Kier molecular flexibility index (Phi) is 6.78. The number of hydrogen-bond acceptors (Lipinski definition) is 4. The molecule has 0 saturated carbocycles. The number of anilines is 1. The zero-order chi connectivity index (χ0) is 20.1. The maximum atomic E-state index is 11.3. The van der Waals surface area contributed by atoms with Crippen molar-refractivity contribution in [2.75, 3.05) is 29.7 Å². The number of carboxylic acids is 1. The first-order chi connectivity index (χ1) is 13.5. The number of nitrogens with two attached hydrogens (primary N) is 1. The van der Waals surface area contributed by atoms with Crippen LogP contribution in [-0.4, -0.2) is 51.5 Å². The summed E-state index contributed by atoms with van der Waals surface area (Å²) in [7, 11) is 0. The predicted molar refractivity (Wildman–Crippen MR) is 114 cm³/mol. The molecule has 3 aromatic rings. The topological polar surface area (TPSA) is 84.4 Å². The third kappa shape index (κ3) is 4.41. The second-order valence-corrected chi connectivity index (χ2v) is 7.14. The van der Waals surface area contributed by atoms with Crippen molar-refractivity contribution < 1.29 is 9.90 Å². The van der Waals surface area contributed by atoms with Gasteiger partial charge in [-0.15, -0.1) is 23.2 Å². The number of nitrogens with zero attached hydrogens (tertiary/aromatic N) is 3. The third-order valence-electron chi connectivity index (χ3n) is 4.52. The van der Waals surface area contributed by atoms with Crippen molar-refractivity contribution in [3.8, 4) is 5.69 Å². The Morgan fingerprint density at radius 1 is 1.14 bits per heavy atom. The summed E-state index contributed by atoms with van der Waals surface area (Å²) in [6, 6.07) is 14.6. The van der Waals surface area contributed by atoms with Gasteiger partial charge >= 0.3 is 5.97 Å². The molecule has 0 aliphatic carbocycles. The molecule has 0 amide bonds. The molecule has 2 aromatic carbocycles. The van der Waals surface area contributed by atoms with E-state index in [1.807, 2.05) is 53.1 Å². The molecule has 1 unspecified atom stereocenters. The van der Waals surface area contributed by atoms with Gasteiger partial charge in [-0.2, -0.15) is 0 Å². The Morgan fingerprint density at radius 3 is 2.43 bits per heavy atom. The first kappa shape index (κ1) is 20.5. The molecule has 1 atom stereocenters. The molecule has 148 valence electrons. The highest BCUT2D eigenvalue weighted by Crippen LogP contribution is 2.26. The van der Waals surface area contributed by atoms with Crippen LogP contribution in [0.2, 0.25) is 0 Å². The Labute approximate surface area is 173 Å². The second kappa shape index (κ2) is 9.28. The fourth-order valence-corrected chi connectivity index (χ4v) is 3.58. The van der Waals surface area contributed by atoms with Gasteiger partial charge in [0, 0.05) is 42.6 Å². The summed E-state index contributed by atoms with van der Waals surface area (Å²) in [5.41, 5.74) is 9.32. The minimum Gasteiger partial charge on any atom is -0.480 e. The van der Waals surface area contributed by atoms with Gasteiger partial charge in [0.15, 0.2) is 0 Å². The molecular weight excluding hydrogens is 399 g/mol. The third-order valence-corrected chi connectivity index (χ3v) is 4.85. The molecule has 0 bridgehead atoms. The van der Waals surface area contributed by atoms with E-state index >= 15 is 0 Å². The number of carbonyl (C=O) groups is 1. The Bertz CT molecular complexity index is 940. The summed E-state index contributed by atoms with van der Waals surface area (Å²) < 4.78 is 1.95. The van der Waals surface area contributed by atoms with Crippen LogP contribution < -0.4 is 10.6 Å². The fourth-order valence-electron chi connectivity index (χ4n) is 3.18. The smallest absolute Gasteiger partial charge is 0.320 e. The number of para-hydroxylation sites is 1. The lowest BCUT2D eigenvalue weighted by Gasteiger charge is -2.22. The summed E-state index contributed by atoms with van der Waals surface area (Å²) >= 11 is 11.8. The molecule has 8 heteroatoms. The number of benzene rings is 2. The van der Waals surface area contributed by atoms with E-state index in [4.69, 9.17) is 33.9 Å². The number of alkyl halides is 2. The van der Waals surface area contributed by atoms with E-state index in [1.54, 1.807) is 0 Å². The van der Waals surface area contributed by atoms with Crippen molar-refractivity contribution >= 4 is 45.9 Å². The first-order valence-electron chi connectivity index (χ1n) is 8.97. The van der Waals surface area contributed by atoms with Crippen molar-refractivity contribution in [2.24, 2.45) is 5.73 Å². The van der Waals surface area contributed by atoms with Gasteiger partial charge in [-0.1, -0.05) is 18.2 Å². The lowest BCUT2D eigenvalue weighted by Crippen LogP contribution is -2.33. The van der Waals surface area contributed by atoms with Crippen LogP contribution in [-0.2, 0) is 11.2 Å². The zero-order valence-corrected chi connectivity index (χ0v) is 16.8. The van der Waals surface area contributed by atoms with E-state index in [0.29, 0.717) is 30.7 Å². The lowest BCUT2D eigenvalue weighted by molar-refractivity contribution is -0.138. The molecular formula is C20H22Cl2N4O2. The largest absolute Gasteiger partial charge is 0.480 e. The maximum Gasteiger partial charge on any atom is 0.320 e. The van der Waals surface area contributed by atoms with E-state index in [-0.39, 0.29) is 6.42 Å². The van der Waals surface area contributed by atoms with Gasteiger partial charge in [0.2, 0.25) is 0 Å². The molecule has 3 N–H and O–H groups in total. The highest BCUT2D eigenvalue weighted by molar-refractivity contribution is 6.18. The number of hydrogen-bond donors (Lipinski definition) is 2. The highest BCUT2D eigenvalue weighted by atomic mass is 35.5. The van der Waals surface area contributed by atoms with Gasteiger partial charge in [0.25, 0.3) is 0 Å². The van der Waals surface area contributed by atoms with E-state index in [2.05, 4.69) is 4.90 Å². The van der Waals surface area contributed by atoms with Crippen LogP contribution in [0, 0.1) is 0 Å². The maximum absolute atomic E-state index is 11.3. The average molecular weight is 421 g/mol. The standard InChI is InChI=1S/C20H22Cl2N4O2/c21-8-10-25(11-9-22)15-6-7-18-17(12-15)24-19(13-16(23)20(27)28)26(18)14-4-2-1-3-5-14/h1-7,12,16H,8-11,13,23H2,(H,27,28). The minimum absolute atomic E-state index is 0.126. The molecule has 6 nitrogen and oxygen atoms in total. The first-order valence-corrected chi connectivity index (χ1v) is 10.0. The molecule has 1 aromatic heterocycles. The van der Waals surface area contributed by atoms with Gasteiger partial charge < -0.3 is 15.7 Å². The molecule has 0 aliphatic rings. The zero-order valence-electron chi connectivity index (χ0n) is 15.3. The summed E-state index contributed by atoms with van der Waals surface area (Å²) in [5.74, 6) is 0.537. The monoisotopic (exact) mass is 420 g/mol. The van der Waals surface area contributed by atoms with Gasteiger partial charge in [-0.05, 0) is 30.3 Å². The van der Waals surface area contributed by atoms with Gasteiger partial charge in [-0.3, -0.25) is 9.36 Å². The molecule has 28 heavy (non-hydrogen) atoms. The normalized spacial score (nSPS) is 12.2. The van der Waals surface area contributed by atoms with Crippen molar-refractivity contribution in [2.45, 2.75) is 12.5 Å². The highest BCUT2D eigenvalue weighted by Gasteiger charge is 2.20. The van der Waals surface area contributed by atoms with E-state index in [0.717, 1.165) is 22.4 Å². The van der Waals surface area contributed by atoms with Crippen LogP contribution in [0.5, 0.6) is 0 Å². The minimum atomic E-state index is -1.05. The van der Waals surface area contributed by atoms with Crippen LogP contribution in [0.1, 0.15) is 5.82 Å². The summed E-state index contributed by atoms with van der Waals surface area (Å²) in [5, 5.41) is 9.22. The summed E-state index contributed by atoms with van der Waals surface area (Å²) in [6.45, 7) is 1.35. The number of rotatable bonds is 9.